The fourth-order valence-electron chi connectivity index (χ4n) is 3.48. The molecule has 3 aromatic rings. The molecule has 1 aliphatic heterocycles. The number of nitrogens with zero attached hydrogens (tertiary/aromatic N) is 3. The number of thiazole rings is 1. The second-order valence-corrected chi connectivity index (χ2v) is 7.12. The summed E-state index contributed by atoms with van der Waals surface area (Å²) in [5.41, 5.74) is 2.02. The fraction of sp³-hybridized carbons (Fsp3) is 0.368. The topological polar surface area (TPSA) is 46.8 Å². The zero-order valence-electron chi connectivity index (χ0n) is 14.2. The summed E-state index contributed by atoms with van der Waals surface area (Å²) in [7, 11) is 0. The highest BCUT2D eigenvalue weighted by atomic mass is 32.1. The molecule has 1 aromatic carbocycles. The average Bonchev–Trinajstić information content (AvgIpc) is 3.31. The molecule has 0 bridgehead atoms. The van der Waals surface area contributed by atoms with E-state index >= 15 is 0 Å². The summed E-state index contributed by atoms with van der Waals surface area (Å²) in [6.07, 6.45) is 6.34. The Morgan fingerprint density at radius 2 is 2.20 bits per heavy atom. The summed E-state index contributed by atoms with van der Waals surface area (Å²) in [6.45, 7) is 3.46. The average molecular weight is 355 g/mol. The number of amides is 1. The van der Waals surface area contributed by atoms with E-state index in [1.54, 1.807) is 11.3 Å². The lowest BCUT2D eigenvalue weighted by Gasteiger charge is -2.25. The lowest BCUT2D eigenvalue weighted by atomic mass is 10.0. The van der Waals surface area contributed by atoms with Crippen LogP contribution in [0.3, 0.4) is 0 Å². The standard InChI is InChI=1S/C19H21N3O2S/c1-2-24-16-7-5-14(6-8-16)17-4-3-9-22(17)18(23)12-15-13-21-10-11-25-19(21)20-15/h5-8,10-11,13,17H,2-4,9,12H2,1H3/t17-/m1/s1. The number of aromatic nitrogens is 2. The lowest BCUT2D eigenvalue weighted by Crippen LogP contribution is -2.31. The maximum Gasteiger partial charge on any atom is 0.229 e. The minimum absolute atomic E-state index is 0.155. The van der Waals surface area contributed by atoms with Gasteiger partial charge < -0.3 is 9.64 Å². The van der Waals surface area contributed by atoms with Gasteiger partial charge in [0.15, 0.2) is 4.96 Å². The van der Waals surface area contributed by atoms with Gasteiger partial charge in [-0.2, -0.15) is 0 Å². The van der Waals surface area contributed by atoms with Crippen molar-refractivity contribution >= 4 is 22.2 Å². The van der Waals surface area contributed by atoms with Crippen LogP contribution < -0.4 is 4.74 Å². The van der Waals surface area contributed by atoms with Gasteiger partial charge in [-0.05, 0) is 37.5 Å². The molecule has 5 nitrogen and oxygen atoms in total. The van der Waals surface area contributed by atoms with Crippen LogP contribution in [0.15, 0.2) is 42.0 Å². The molecule has 6 heteroatoms. The number of carbonyl (C=O) groups is 1. The van der Waals surface area contributed by atoms with E-state index < -0.39 is 0 Å². The van der Waals surface area contributed by atoms with Gasteiger partial charge in [0.2, 0.25) is 5.91 Å². The van der Waals surface area contributed by atoms with Crippen LogP contribution in [0, 0.1) is 0 Å². The number of rotatable bonds is 5. The van der Waals surface area contributed by atoms with Crippen LogP contribution in [-0.4, -0.2) is 33.3 Å². The molecule has 3 heterocycles. The Bertz CT molecular complexity index is 840. The molecule has 0 radical (unpaired) electrons. The van der Waals surface area contributed by atoms with Gasteiger partial charge in [0, 0.05) is 24.3 Å². The first-order valence-corrected chi connectivity index (χ1v) is 9.56. The maximum absolute atomic E-state index is 12.8. The van der Waals surface area contributed by atoms with E-state index in [9.17, 15) is 4.79 Å². The number of fused-ring (bicyclic) bond motifs is 1. The van der Waals surface area contributed by atoms with E-state index in [0.717, 1.165) is 35.8 Å². The molecule has 1 saturated heterocycles. The smallest absolute Gasteiger partial charge is 0.229 e. The van der Waals surface area contributed by atoms with Gasteiger partial charge in [0.05, 0.1) is 24.8 Å². The number of hydrogen-bond acceptors (Lipinski definition) is 4. The van der Waals surface area contributed by atoms with Crippen LogP contribution in [0.1, 0.15) is 37.1 Å². The van der Waals surface area contributed by atoms with Gasteiger partial charge in [-0.25, -0.2) is 4.98 Å². The summed E-state index contributed by atoms with van der Waals surface area (Å²) in [4.78, 5) is 20.3. The maximum atomic E-state index is 12.8. The minimum Gasteiger partial charge on any atom is -0.494 e. The molecule has 4 rings (SSSR count). The van der Waals surface area contributed by atoms with Gasteiger partial charge in [-0.1, -0.05) is 12.1 Å². The molecule has 1 fully saturated rings. The molecule has 1 atom stereocenters. The van der Waals surface area contributed by atoms with Crippen LogP contribution in [0.4, 0.5) is 0 Å². The van der Waals surface area contributed by atoms with Crippen molar-refractivity contribution in [3.05, 3.63) is 53.3 Å². The molecule has 0 spiro atoms. The first kappa shape index (κ1) is 16.1. The van der Waals surface area contributed by atoms with Crippen molar-refractivity contribution in [2.75, 3.05) is 13.2 Å². The Kier molecular flexibility index (Phi) is 4.44. The predicted octanol–water partition coefficient (Wildman–Crippen LogP) is 3.70. The zero-order valence-corrected chi connectivity index (χ0v) is 15.0. The third-order valence-electron chi connectivity index (χ3n) is 4.62. The van der Waals surface area contributed by atoms with Crippen LogP contribution >= 0.6 is 11.3 Å². The first-order chi connectivity index (χ1) is 12.2. The molecule has 0 aliphatic carbocycles. The first-order valence-electron chi connectivity index (χ1n) is 8.68. The SMILES string of the molecule is CCOc1ccc([C@H]2CCCN2C(=O)Cc2cn3ccsc3n2)cc1. The van der Waals surface area contributed by atoms with Crippen molar-refractivity contribution in [3.8, 4) is 5.75 Å². The summed E-state index contributed by atoms with van der Waals surface area (Å²) in [5, 5.41) is 2.00. The van der Waals surface area contributed by atoms with Crippen LogP contribution in [0.25, 0.3) is 4.96 Å². The molecule has 2 aromatic heterocycles. The summed E-state index contributed by atoms with van der Waals surface area (Å²) in [5.74, 6) is 1.03. The van der Waals surface area contributed by atoms with Crippen LogP contribution in [0.5, 0.6) is 5.75 Å². The second kappa shape index (κ2) is 6.88. The molecule has 25 heavy (non-hydrogen) atoms. The Morgan fingerprint density at radius 3 is 2.96 bits per heavy atom. The van der Waals surface area contributed by atoms with Gasteiger partial charge in [-0.15, -0.1) is 11.3 Å². The van der Waals surface area contributed by atoms with Crippen molar-refractivity contribution in [1.82, 2.24) is 14.3 Å². The number of imidazole rings is 1. The van der Waals surface area contributed by atoms with E-state index in [2.05, 4.69) is 17.1 Å². The van der Waals surface area contributed by atoms with Gasteiger partial charge in [0.1, 0.15) is 5.75 Å². The zero-order chi connectivity index (χ0) is 17.2. The van der Waals surface area contributed by atoms with Gasteiger partial charge in [-0.3, -0.25) is 9.20 Å². The molecular weight excluding hydrogens is 334 g/mol. The van der Waals surface area contributed by atoms with E-state index in [1.165, 1.54) is 5.56 Å². The molecule has 0 N–H and O–H groups in total. The van der Waals surface area contributed by atoms with Crippen molar-refractivity contribution in [2.24, 2.45) is 0 Å². The summed E-state index contributed by atoms with van der Waals surface area (Å²) in [6, 6.07) is 8.29. The van der Waals surface area contributed by atoms with E-state index in [4.69, 9.17) is 4.74 Å². The largest absolute Gasteiger partial charge is 0.494 e. The third kappa shape index (κ3) is 3.26. The normalized spacial score (nSPS) is 17.3. The van der Waals surface area contributed by atoms with Crippen molar-refractivity contribution in [1.29, 1.82) is 0 Å². The molecule has 0 saturated carbocycles. The van der Waals surface area contributed by atoms with Crippen LogP contribution in [0.2, 0.25) is 0 Å². The number of benzene rings is 1. The summed E-state index contributed by atoms with van der Waals surface area (Å²) < 4.78 is 7.48. The Balaban J connectivity index is 1.48. The highest BCUT2D eigenvalue weighted by Crippen LogP contribution is 2.33. The minimum atomic E-state index is 0.155. The number of hydrogen-bond donors (Lipinski definition) is 0. The van der Waals surface area contributed by atoms with Gasteiger partial charge >= 0.3 is 0 Å². The fourth-order valence-corrected chi connectivity index (χ4v) is 4.20. The number of carbonyl (C=O) groups excluding carboxylic acids is 1. The van der Waals surface area contributed by atoms with E-state index in [-0.39, 0.29) is 11.9 Å². The Labute approximate surface area is 150 Å². The molecule has 130 valence electrons. The van der Waals surface area contributed by atoms with Crippen molar-refractivity contribution < 1.29 is 9.53 Å². The molecular formula is C19H21N3O2S. The number of likely N-dealkylation sites (tertiary alicyclic amines) is 1. The summed E-state index contributed by atoms with van der Waals surface area (Å²) >= 11 is 1.59. The van der Waals surface area contributed by atoms with Crippen LogP contribution in [-0.2, 0) is 11.2 Å². The molecule has 1 aliphatic rings. The predicted molar refractivity (Wildman–Crippen MR) is 98.1 cm³/mol. The lowest BCUT2D eigenvalue weighted by molar-refractivity contribution is -0.131. The Morgan fingerprint density at radius 1 is 1.36 bits per heavy atom. The third-order valence-corrected chi connectivity index (χ3v) is 5.40. The Hall–Kier alpha value is -2.34. The molecule has 1 amide bonds. The monoisotopic (exact) mass is 355 g/mol. The highest BCUT2D eigenvalue weighted by Gasteiger charge is 2.30. The van der Waals surface area contributed by atoms with Crippen molar-refractivity contribution in [2.45, 2.75) is 32.2 Å². The van der Waals surface area contributed by atoms with Gasteiger partial charge in [0.25, 0.3) is 0 Å². The highest BCUT2D eigenvalue weighted by molar-refractivity contribution is 7.15. The second-order valence-electron chi connectivity index (χ2n) is 6.25. The number of ether oxygens (including phenoxy) is 1. The van der Waals surface area contributed by atoms with E-state index in [0.29, 0.717) is 13.0 Å². The molecule has 0 unspecified atom stereocenters. The van der Waals surface area contributed by atoms with Crippen molar-refractivity contribution in [3.63, 3.8) is 0 Å². The van der Waals surface area contributed by atoms with E-state index in [1.807, 2.05) is 46.1 Å². The quantitative estimate of drug-likeness (QED) is 0.701.